The van der Waals surface area contributed by atoms with Crippen LogP contribution in [0.5, 0.6) is 0 Å². The zero-order chi connectivity index (χ0) is 42.0. The topological polar surface area (TPSA) is 28.4 Å². The molecule has 62 heavy (non-hydrogen) atoms. The second-order valence-electron chi connectivity index (χ2n) is 19.2. The molecule has 3 heterocycles. The van der Waals surface area contributed by atoms with E-state index in [9.17, 15) is 0 Å². The molecule has 0 unspecified atom stereocenters. The van der Waals surface area contributed by atoms with E-state index in [1.54, 1.807) is 0 Å². The third kappa shape index (κ3) is 5.25. The first-order valence-corrected chi connectivity index (χ1v) is 22.3. The maximum atomic E-state index is 6.59. The minimum absolute atomic E-state index is 0.0882. The smallest absolute Gasteiger partial charge is 0.198 e. The van der Waals surface area contributed by atoms with E-state index in [0.29, 0.717) is 0 Å². The number of nitrogens with one attached hydrogen (secondary N) is 1. The lowest BCUT2D eigenvalue weighted by atomic mass is 9.54. The van der Waals surface area contributed by atoms with Gasteiger partial charge in [0.05, 0.1) is 22.2 Å². The Balaban J connectivity index is 1.11. The molecular weight excluding hydrogens is 751 g/mol. The van der Waals surface area contributed by atoms with Crippen molar-refractivity contribution < 1.29 is 4.42 Å². The Kier molecular flexibility index (Phi) is 7.98. The summed E-state index contributed by atoms with van der Waals surface area (Å²) in [6.07, 6.45) is 2.36. The fraction of sp³-hybridized carbons (Fsp3) is 0.172. The first-order valence-electron chi connectivity index (χ1n) is 22.3. The number of rotatable bonds is 5. The van der Waals surface area contributed by atoms with Crippen molar-refractivity contribution in [1.29, 1.82) is 0 Å². The van der Waals surface area contributed by atoms with E-state index in [-0.39, 0.29) is 10.8 Å². The van der Waals surface area contributed by atoms with Crippen molar-refractivity contribution in [2.75, 3.05) is 10.2 Å². The number of benzene rings is 8. The van der Waals surface area contributed by atoms with Gasteiger partial charge in [0.15, 0.2) is 7.28 Å². The third-order valence-corrected chi connectivity index (χ3v) is 14.6. The molecule has 0 saturated carbocycles. The Morgan fingerprint density at radius 1 is 0.548 bits per heavy atom. The number of nitrogens with zero attached hydrogens (tertiary/aromatic N) is 1. The average Bonchev–Trinajstić information content (AvgIpc) is 3.68. The van der Waals surface area contributed by atoms with Gasteiger partial charge in [-0.05, 0) is 123 Å². The summed E-state index contributed by atoms with van der Waals surface area (Å²) >= 11 is 0. The number of hydrogen-bond donors (Lipinski definition) is 1. The van der Waals surface area contributed by atoms with E-state index in [2.05, 4.69) is 215 Å². The van der Waals surface area contributed by atoms with Gasteiger partial charge in [0.2, 0.25) is 0 Å². The van der Waals surface area contributed by atoms with Gasteiger partial charge in [-0.15, -0.1) is 0 Å². The molecular formula is C58H49BN2O. The molecule has 12 rings (SSSR count). The monoisotopic (exact) mass is 800 g/mol. The number of fused-ring (bicyclic) bond motifs is 8. The predicted octanol–water partition coefficient (Wildman–Crippen LogP) is 13.5. The highest BCUT2D eigenvalue weighted by atomic mass is 16.3. The summed E-state index contributed by atoms with van der Waals surface area (Å²) in [6.45, 7) is 11.9. The number of para-hydroxylation sites is 3. The largest absolute Gasteiger partial charge is 0.456 e. The number of aryl methyl sites for hydroxylation is 1. The molecule has 3 nitrogen and oxygen atoms in total. The molecule has 8 aromatic carbocycles. The molecule has 2 aliphatic heterocycles. The highest BCUT2D eigenvalue weighted by Crippen LogP contribution is 2.58. The van der Waals surface area contributed by atoms with Crippen LogP contribution in [0.2, 0.25) is 0 Å². The molecule has 0 fully saturated rings. The maximum Gasteiger partial charge on any atom is 0.198 e. The zero-order valence-electron chi connectivity index (χ0n) is 36.1. The summed E-state index contributed by atoms with van der Waals surface area (Å²) in [5, 5.41) is 6.32. The molecule has 3 aliphatic rings. The van der Waals surface area contributed by atoms with Crippen LogP contribution in [0.1, 0.15) is 79.5 Å². The molecule has 0 atom stereocenters. The molecule has 1 aromatic heterocycles. The van der Waals surface area contributed by atoms with Gasteiger partial charge >= 0.3 is 0 Å². The van der Waals surface area contributed by atoms with E-state index in [1.807, 2.05) is 0 Å². The van der Waals surface area contributed by atoms with Gasteiger partial charge in [-0.2, -0.15) is 0 Å². The second kappa shape index (κ2) is 13.4. The summed E-state index contributed by atoms with van der Waals surface area (Å²) in [5.74, 6) is 0. The van der Waals surface area contributed by atoms with Crippen molar-refractivity contribution >= 4 is 68.6 Å². The van der Waals surface area contributed by atoms with E-state index in [0.717, 1.165) is 40.6 Å². The molecule has 0 radical (unpaired) electrons. The summed E-state index contributed by atoms with van der Waals surface area (Å²) in [5.41, 5.74) is 21.8. The standard InChI is InChI=1S/C58H49BN2O/c1-36-33-42(40-28-30-51-52(41-21-12-15-26-50(41)62-51)54(40)60-39-27-29-43-46(35-39)57(4,5)32-31-56(43,2)3)53-49(34-36)61-48-25-14-13-22-44(48)58(37-17-8-6-9-18-37,38-19-10-7-11-20-38)45-23-16-24-47(59-53)55(45)61/h6-30,33-35,59-60H,31-32H2,1-5H3. The van der Waals surface area contributed by atoms with Crippen LogP contribution in [0.4, 0.5) is 28.4 Å². The summed E-state index contributed by atoms with van der Waals surface area (Å²) in [7, 11) is 0.804. The SMILES string of the molecule is Cc1cc(-c2ccc3oc4ccccc4c3c2Nc2ccc3c(c2)C(C)(C)CCC3(C)C)c2c(c1)N1c3ccccc3C(c3ccccc3)(c3ccccc3)c3cccc(c31)B2. The highest BCUT2D eigenvalue weighted by molar-refractivity contribution is 6.73. The van der Waals surface area contributed by atoms with Crippen LogP contribution in [0.25, 0.3) is 33.1 Å². The Labute approximate surface area is 365 Å². The van der Waals surface area contributed by atoms with Crippen molar-refractivity contribution in [2.45, 2.75) is 63.7 Å². The molecule has 1 aliphatic carbocycles. The minimum Gasteiger partial charge on any atom is -0.456 e. The highest BCUT2D eigenvalue weighted by Gasteiger charge is 2.48. The number of furan rings is 1. The molecule has 0 bridgehead atoms. The fourth-order valence-electron chi connectivity index (χ4n) is 11.6. The van der Waals surface area contributed by atoms with Crippen LogP contribution in [-0.2, 0) is 16.2 Å². The number of hydrogen-bond acceptors (Lipinski definition) is 3. The normalized spacial score (nSPS) is 16.2. The van der Waals surface area contributed by atoms with Gasteiger partial charge in [-0.3, -0.25) is 0 Å². The summed E-state index contributed by atoms with van der Waals surface area (Å²) < 4.78 is 6.59. The average molecular weight is 801 g/mol. The lowest BCUT2D eigenvalue weighted by molar-refractivity contribution is 0.332. The quantitative estimate of drug-likeness (QED) is 0.176. The third-order valence-electron chi connectivity index (χ3n) is 14.6. The Morgan fingerprint density at radius 3 is 2.00 bits per heavy atom. The maximum absolute atomic E-state index is 6.59. The molecule has 4 heteroatoms. The van der Waals surface area contributed by atoms with Gasteiger partial charge in [0.1, 0.15) is 11.2 Å². The number of anilines is 5. The van der Waals surface area contributed by atoms with Crippen LogP contribution >= 0.6 is 0 Å². The van der Waals surface area contributed by atoms with E-state index in [1.165, 1.54) is 90.9 Å². The molecule has 300 valence electrons. The molecule has 0 amide bonds. The van der Waals surface area contributed by atoms with Crippen molar-refractivity contribution in [2.24, 2.45) is 0 Å². The van der Waals surface area contributed by atoms with E-state index < -0.39 is 5.41 Å². The summed E-state index contributed by atoms with van der Waals surface area (Å²) in [6, 6.07) is 63.3. The summed E-state index contributed by atoms with van der Waals surface area (Å²) in [4.78, 5) is 2.59. The van der Waals surface area contributed by atoms with Crippen molar-refractivity contribution in [1.82, 2.24) is 0 Å². The van der Waals surface area contributed by atoms with E-state index in [4.69, 9.17) is 4.42 Å². The van der Waals surface area contributed by atoms with Crippen LogP contribution in [0.15, 0.2) is 174 Å². The Morgan fingerprint density at radius 2 is 1.23 bits per heavy atom. The molecule has 1 N–H and O–H groups in total. The second-order valence-corrected chi connectivity index (χ2v) is 19.2. The van der Waals surface area contributed by atoms with Gasteiger partial charge in [0.25, 0.3) is 0 Å². The lowest BCUT2D eigenvalue weighted by Crippen LogP contribution is -2.47. The van der Waals surface area contributed by atoms with Crippen molar-refractivity contribution in [3.63, 3.8) is 0 Å². The van der Waals surface area contributed by atoms with Crippen molar-refractivity contribution in [3.05, 3.63) is 209 Å². The van der Waals surface area contributed by atoms with Crippen LogP contribution in [0, 0.1) is 6.92 Å². The molecule has 0 spiro atoms. The van der Waals surface area contributed by atoms with Gasteiger partial charge < -0.3 is 14.6 Å². The van der Waals surface area contributed by atoms with Crippen LogP contribution in [0.3, 0.4) is 0 Å². The zero-order valence-corrected chi connectivity index (χ0v) is 36.1. The molecule has 0 saturated heterocycles. The Bertz CT molecular complexity index is 3230. The van der Waals surface area contributed by atoms with Gasteiger partial charge in [0, 0.05) is 28.0 Å². The minimum atomic E-state index is -0.506. The van der Waals surface area contributed by atoms with Crippen LogP contribution in [-0.4, -0.2) is 7.28 Å². The fourth-order valence-corrected chi connectivity index (χ4v) is 11.6. The Hall–Kier alpha value is -6.78. The van der Waals surface area contributed by atoms with Gasteiger partial charge in [-0.25, -0.2) is 0 Å². The first kappa shape index (κ1) is 37.0. The van der Waals surface area contributed by atoms with Crippen molar-refractivity contribution in [3.8, 4) is 11.1 Å². The predicted molar refractivity (Wildman–Crippen MR) is 262 cm³/mol. The van der Waals surface area contributed by atoms with Crippen LogP contribution < -0.4 is 21.1 Å². The first-order chi connectivity index (χ1) is 30.1. The molecule has 9 aromatic rings. The van der Waals surface area contributed by atoms with E-state index >= 15 is 0 Å². The van der Waals surface area contributed by atoms with Gasteiger partial charge in [-0.1, -0.05) is 161 Å². The lowest BCUT2D eigenvalue weighted by Gasteiger charge is -2.49.